The Hall–Kier alpha value is -0.830. The van der Waals surface area contributed by atoms with Gasteiger partial charge in [0, 0.05) is 10.0 Å². The van der Waals surface area contributed by atoms with Crippen molar-refractivity contribution in [3.63, 3.8) is 0 Å². The van der Waals surface area contributed by atoms with E-state index in [0.29, 0.717) is 5.56 Å². The number of carbonyl (C=O) groups is 1. The zero-order chi connectivity index (χ0) is 9.97. The molecule has 0 unspecified atom stereocenters. The van der Waals surface area contributed by atoms with Crippen LogP contribution in [0.1, 0.15) is 23.2 Å². The van der Waals surface area contributed by atoms with Gasteiger partial charge in [0.2, 0.25) is 0 Å². The van der Waals surface area contributed by atoms with Crippen molar-refractivity contribution in [2.45, 2.75) is 12.8 Å². The third-order valence-electron chi connectivity index (χ3n) is 2.28. The summed E-state index contributed by atoms with van der Waals surface area (Å²) in [6.45, 7) is 0.798. The zero-order valence-corrected chi connectivity index (χ0v) is 9.29. The molecule has 74 valence electrons. The third-order valence-corrected chi connectivity index (χ3v) is 2.97. The van der Waals surface area contributed by atoms with E-state index in [-0.39, 0.29) is 0 Å². The number of halogens is 1. The Bertz CT molecular complexity index is 345. The first-order valence-corrected chi connectivity index (χ1v) is 5.46. The van der Waals surface area contributed by atoms with Gasteiger partial charge in [0.25, 0.3) is 0 Å². The minimum absolute atomic E-state index is 0.656. The van der Waals surface area contributed by atoms with E-state index in [1.165, 1.54) is 12.8 Å². The lowest BCUT2D eigenvalue weighted by Gasteiger charge is -2.05. The largest absolute Gasteiger partial charge is 0.493 e. The first-order chi connectivity index (χ1) is 6.79. The minimum Gasteiger partial charge on any atom is -0.493 e. The molecule has 1 aromatic rings. The molecule has 1 saturated carbocycles. The van der Waals surface area contributed by atoms with Crippen molar-refractivity contribution in [1.82, 2.24) is 0 Å². The lowest BCUT2D eigenvalue weighted by Crippen LogP contribution is -1.99. The van der Waals surface area contributed by atoms with Gasteiger partial charge in [-0.3, -0.25) is 4.79 Å². The summed E-state index contributed by atoms with van der Waals surface area (Å²) in [5.74, 6) is 1.58. The molecule has 3 heteroatoms. The molecule has 0 heterocycles. The summed E-state index contributed by atoms with van der Waals surface area (Å²) in [5, 5.41) is 0. The van der Waals surface area contributed by atoms with Crippen molar-refractivity contribution in [2.75, 3.05) is 6.61 Å². The highest BCUT2D eigenvalue weighted by Gasteiger charge is 2.21. The van der Waals surface area contributed by atoms with E-state index in [2.05, 4.69) is 15.9 Å². The molecule has 0 N–H and O–H groups in total. The second-order valence-corrected chi connectivity index (χ2v) is 4.41. The van der Waals surface area contributed by atoms with E-state index in [0.717, 1.165) is 29.0 Å². The first-order valence-electron chi connectivity index (χ1n) is 4.67. The van der Waals surface area contributed by atoms with Gasteiger partial charge in [0.05, 0.1) is 6.61 Å². The Morgan fingerprint density at radius 1 is 1.50 bits per heavy atom. The second kappa shape index (κ2) is 4.13. The van der Waals surface area contributed by atoms with Crippen LogP contribution in [-0.2, 0) is 0 Å². The van der Waals surface area contributed by atoms with Crippen LogP contribution in [0.3, 0.4) is 0 Å². The van der Waals surface area contributed by atoms with Gasteiger partial charge >= 0.3 is 0 Å². The molecule has 0 atom stereocenters. The fraction of sp³-hybridized carbons (Fsp3) is 0.364. The smallest absolute Gasteiger partial charge is 0.151 e. The molecular weight excluding hydrogens is 244 g/mol. The van der Waals surface area contributed by atoms with Crippen LogP contribution in [0.25, 0.3) is 0 Å². The summed E-state index contributed by atoms with van der Waals surface area (Å²) >= 11 is 3.32. The predicted molar refractivity (Wildman–Crippen MR) is 57.7 cm³/mol. The number of ether oxygens (including phenoxy) is 1. The number of aldehydes is 1. The van der Waals surface area contributed by atoms with Gasteiger partial charge in [0.15, 0.2) is 6.29 Å². The molecule has 1 aliphatic rings. The lowest BCUT2D eigenvalue weighted by molar-refractivity contribution is 0.112. The highest BCUT2D eigenvalue weighted by atomic mass is 79.9. The van der Waals surface area contributed by atoms with E-state index < -0.39 is 0 Å². The van der Waals surface area contributed by atoms with E-state index in [1.807, 2.05) is 12.1 Å². The topological polar surface area (TPSA) is 26.3 Å². The van der Waals surface area contributed by atoms with Crippen molar-refractivity contribution in [3.8, 4) is 5.75 Å². The van der Waals surface area contributed by atoms with Gasteiger partial charge in [-0.05, 0) is 52.9 Å². The van der Waals surface area contributed by atoms with Crippen molar-refractivity contribution in [1.29, 1.82) is 0 Å². The van der Waals surface area contributed by atoms with Crippen molar-refractivity contribution < 1.29 is 9.53 Å². The Morgan fingerprint density at radius 3 is 2.86 bits per heavy atom. The number of benzene rings is 1. The highest BCUT2D eigenvalue weighted by molar-refractivity contribution is 9.10. The quantitative estimate of drug-likeness (QED) is 0.773. The number of rotatable bonds is 4. The molecule has 0 saturated heterocycles. The number of hydrogen-bond donors (Lipinski definition) is 0. The molecule has 1 fully saturated rings. The summed E-state index contributed by atoms with van der Waals surface area (Å²) < 4.78 is 6.36. The maximum absolute atomic E-state index is 10.5. The maximum Gasteiger partial charge on any atom is 0.151 e. The van der Waals surface area contributed by atoms with Gasteiger partial charge in [-0.1, -0.05) is 0 Å². The average Bonchev–Trinajstić information content (AvgIpc) is 2.98. The average molecular weight is 255 g/mol. The Morgan fingerprint density at radius 2 is 2.29 bits per heavy atom. The lowest BCUT2D eigenvalue weighted by atomic mass is 10.2. The van der Waals surface area contributed by atoms with Gasteiger partial charge < -0.3 is 4.74 Å². The second-order valence-electron chi connectivity index (χ2n) is 3.56. The molecule has 2 nitrogen and oxygen atoms in total. The summed E-state index contributed by atoms with van der Waals surface area (Å²) in [5.41, 5.74) is 0.656. The van der Waals surface area contributed by atoms with Crippen molar-refractivity contribution in [2.24, 2.45) is 5.92 Å². The van der Waals surface area contributed by atoms with Crippen LogP contribution >= 0.6 is 15.9 Å². The van der Waals surface area contributed by atoms with E-state index >= 15 is 0 Å². The molecule has 0 amide bonds. The van der Waals surface area contributed by atoms with Crippen LogP contribution in [0.2, 0.25) is 0 Å². The van der Waals surface area contributed by atoms with Gasteiger partial charge in [-0.2, -0.15) is 0 Å². The fourth-order valence-electron chi connectivity index (χ4n) is 1.19. The Labute approximate surface area is 91.4 Å². The molecule has 2 rings (SSSR count). The monoisotopic (exact) mass is 254 g/mol. The van der Waals surface area contributed by atoms with E-state index in [1.54, 1.807) is 6.07 Å². The first kappa shape index (κ1) is 9.71. The molecule has 0 radical (unpaired) electrons. The highest BCUT2D eigenvalue weighted by Crippen LogP contribution is 2.30. The maximum atomic E-state index is 10.5. The van der Waals surface area contributed by atoms with Crippen LogP contribution in [0.4, 0.5) is 0 Å². The Kier molecular flexibility index (Phi) is 2.87. The fourth-order valence-corrected chi connectivity index (χ4v) is 1.64. The SMILES string of the molecule is O=Cc1ccc(OCC2CC2)cc1Br. The molecule has 14 heavy (non-hydrogen) atoms. The molecule has 0 bridgehead atoms. The van der Waals surface area contributed by atoms with Gasteiger partial charge in [-0.25, -0.2) is 0 Å². The molecule has 1 aliphatic carbocycles. The van der Waals surface area contributed by atoms with Gasteiger partial charge in [0.1, 0.15) is 5.75 Å². The standard InChI is InChI=1S/C11H11BrO2/c12-11-5-10(4-3-9(11)6-13)14-7-8-1-2-8/h3-6,8H,1-2,7H2. The molecule has 0 aromatic heterocycles. The summed E-state index contributed by atoms with van der Waals surface area (Å²) in [6.07, 6.45) is 3.40. The third kappa shape index (κ3) is 2.35. The predicted octanol–water partition coefficient (Wildman–Crippen LogP) is 3.05. The van der Waals surface area contributed by atoms with E-state index in [4.69, 9.17) is 4.74 Å². The van der Waals surface area contributed by atoms with Crippen LogP contribution < -0.4 is 4.74 Å². The molecule has 0 aliphatic heterocycles. The van der Waals surface area contributed by atoms with Crippen LogP contribution in [0, 0.1) is 5.92 Å². The van der Waals surface area contributed by atoms with Crippen LogP contribution in [0.5, 0.6) is 5.75 Å². The summed E-state index contributed by atoms with van der Waals surface area (Å²) in [4.78, 5) is 10.5. The van der Waals surface area contributed by atoms with E-state index in [9.17, 15) is 4.79 Å². The van der Waals surface area contributed by atoms with Gasteiger partial charge in [-0.15, -0.1) is 0 Å². The van der Waals surface area contributed by atoms with Crippen LogP contribution in [-0.4, -0.2) is 12.9 Å². The number of hydrogen-bond acceptors (Lipinski definition) is 2. The summed E-state index contributed by atoms with van der Waals surface area (Å²) in [6, 6.07) is 5.43. The van der Waals surface area contributed by atoms with Crippen molar-refractivity contribution >= 4 is 22.2 Å². The molecule has 0 spiro atoms. The number of carbonyl (C=O) groups excluding carboxylic acids is 1. The molecule has 1 aromatic carbocycles. The Balaban J connectivity index is 2.02. The summed E-state index contributed by atoms with van der Waals surface area (Å²) in [7, 11) is 0. The normalized spacial score (nSPS) is 15.2. The molecular formula is C11H11BrO2. The minimum atomic E-state index is 0.656. The van der Waals surface area contributed by atoms with Crippen molar-refractivity contribution in [3.05, 3.63) is 28.2 Å². The van der Waals surface area contributed by atoms with Crippen LogP contribution in [0.15, 0.2) is 22.7 Å². The zero-order valence-electron chi connectivity index (χ0n) is 7.70.